The zero-order chi connectivity index (χ0) is 15.4. The largest absolute Gasteiger partial charge is 0.481 e. The number of ketones is 1. The fourth-order valence-corrected chi connectivity index (χ4v) is 3.26. The summed E-state index contributed by atoms with van der Waals surface area (Å²) >= 11 is 0. The fraction of sp³-hybridized carbons (Fsp3) is 0.867. The van der Waals surface area contributed by atoms with Crippen LogP contribution in [0.15, 0.2) is 0 Å². The number of carbonyl (C=O) groups excluding carboxylic acids is 1. The molecule has 1 rings (SSSR count). The van der Waals surface area contributed by atoms with Crippen molar-refractivity contribution in [1.82, 2.24) is 5.32 Å². The van der Waals surface area contributed by atoms with Gasteiger partial charge in [-0.1, -0.05) is 26.7 Å². The van der Waals surface area contributed by atoms with Gasteiger partial charge in [0, 0.05) is 11.0 Å². The molecule has 5 nitrogen and oxygen atoms in total. The molecule has 0 aromatic rings. The number of hydrogen-bond acceptors (Lipinski definition) is 4. The van der Waals surface area contributed by atoms with Gasteiger partial charge in [0.15, 0.2) is 5.78 Å². The molecule has 0 spiro atoms. The third-order valence-corrected chi connectivity index (χ3v) is 4.89. The Kier molecular flexibility index (Phi) is 5.71. The maximum Gasteiger partial charge on any atom is 0.305 e. The van der Waals surface area contributed by atoms with Gasteiger partial charge in [0.1, 0.15) is 0 Å². The van der Waals surface area contributed by atoms with Crippen molar-refractivity contribution in [2.45, 2.75) is 70.9 Å². The molecule has 0 amide bonds. The van der Waals surface area contributed by atoms with Gasteiger partial charge in [-0.15, -0.1) is 0 Å². The maximum atomic E-state index is 12.6. The number of hydrogen-bond donors (Lipinski definition) is 3. The van der Waals surface area contributed by atoms with Crippen molar-refractivity contribution >= 4 is 11.8 Å². The van der Waals surface area contributed by atoms with Crippen molar-refractivity contribution in [3.8, 4) is 0 Å². The quantitative estimate of drug-likeness (QED) is 0.590. The summed E-state index contributed by atoms with van der Waals surface area (Å²) in [4.78, 5) is 23.4. The SMILES string of the molecule is CCCCNC1(C)CCCC1(C)C(=O)[C@@H](N)CC(=O)O. The maximum absolute atomic E-state index is 12.6. The fourth-order valence-electron chi connectivity index (χ4n) is 3.26. The van der Waals surface area contributed by atoms with Crippen LogP contribution in [0.5, 0.6) is 0 Å². The lowest BCUT2D eigenvalue weighted by Crippen LogP contribution is -2.58. The van der Waals surface area contributed by atoms with E-state index >= 15 is 0 Å². The molecule has 0 heterocycles. The molecular weight excluding hydrogens is 256 g/mol. The van der Waals surface area contributed by atoms with Crippen LogP contribution in [0.4, 0.5) is 0 Å². The normalized spacial score (nSPS) is 31.2. The van der Waals surface area contributed by atoms with Crippen LogP contribution in [0.2, 0.25) is 0 Å². The van der Waals surface area contributed by atoms with Crippen molar-refractivity contribution < 1.29 is 14.7 Å². The number of carboxylic acid groups (broad SMARTS) is 1. The molecule has 0 saturated heterocycles. The van der Waals surface area contributed by atoms with Crippen molar-refractivity contribution in [2.75, 3.05) is 6.54 Å². The zero-order valence-corrected chi connectivity index (χ0v) is 12.9. The summed E-state index contributed by atoms with van der Waals surface area (Å²) in [5, 5.41) is 12.3. The first-order chi connectivity index (χ1) is 9.27. The lowest BCUT2D eigenvalue weighted by Gasteiger charge is -2.42. The van der Waals surface area contributed by atoms with Crippen LogP contribution in [-0.4, -0.2) is 35.0 Å². The molecule has 0 bridgehead atoms. The monoisotopic (exact) mass is 284 g/mol. The summed E-state index contributed by atoms with van der Waals surface area (Å²) in [6, 6.07) is -0.914. The predicted molar refractivity (Wildman–Crippen MR) is 78.5 cm³/mol. The number of carboxylic acids is 1. The third-order valence-electron chi connectivity index (χ3n) is 4.89. The van der Waals surface area contributed by atoms with Crippen LogP contribution in [0.1, 0.15) is 59.3 Å². The van der Waals surface area contributed by atoms with E-state index in [1.807, 2.05) is 6.92 Å². The smallest absolute Gasteiger partial charge is 0.305 e. The van der Waals surface area contributed by atoms with Gasteiger partial charge in [-0.2, -0.15) is 0 Å². The molecular formula is C15H28N2O3. The molecule has 2 unspecified atom stereocenters. The molecule has 1 aliphatic carbocycles. The number of carbonyl (C=O) groups is 2. The standard InChI is InChI=1S/C15H28N2O3/c1-4-5-9-17-15(3)8-6-7-14(15,2)13(20)11(16)10-12(18)19/h11,17H,4-10,16H2,1-3H3,(H,18,19)/t11-,14?,15?/m0/s1. The summed E-state index contributed by atoms with van der Waals surface area (Å²) in [5.41, 5.74) is 4.94. The van der Waals surface area contributed by atoms with E-state index in [4.69, 9.17) is 10.8 Å². The highest BCUT2D eigenvalue weighted by Crippen LogP contribution is 2.47. The summed E-state index contributed by atoms with van der Waals surface area (Å²) in [6.07, 6.45) is 4.55. The van der Waals surface area contributed by atoms with Gasteiger partial charge in [-0.05, 0) is 32.7 Å². The average molecular weight is 284 g/mol. The van der Waals surface area contributed by atoms with E-state index in [-0.39, 0.29) is 17.7 Å². The summed E-state index contributed by atoms with van der Waals surface area (Å²) in [7, 11) is 0. The second-order valence-electron chi connectivity index (χ2n) is 6.37. The predicted octanol–water partition coefficient (Wildman–Crippen LogP) is 1.70. The number of aliphatic carboxylic acids is 1. The molecule has 1 aliphatic rings. The van der Waals surface area contributed by atoms with Gasteiger partial charge in [0.2, 0.25) is 0 Å². The van der Waals surface area contributed by atoms with Gasteiger partial charge < -0.3 is 16.2 Å². The summed E-state index contributed by atoms with van der Waals surface area (Å²) in [6.45, 7) is 7.01. The number of unbranched alkanes of at least 4 members (excludes halogenated alkanes) is 1. The Balaban J connectivity index is 2.82. The van der Waals surface area contributed by atoms with Crippen molar-refractivity contribution in [3.05, 3.63) is 0 Å². The number of nitrogens with two attached hydrogens (primary N) is 1. The number of nitrogens with one attached hydrogen (secondary N) is 1. The van der Waals surface area contributed by atoms with Gasteiger partial charge in [-0.3, -0.25) is 9.59 Å². The molecule has 0 aromatic heterocycles. The van der Waals surface area contributed by atoms with Crippen molar-refractivity contribution in [1.29, 1.82) is 0 Å². The molecule has 0 aromatic carbocycles. The average Bonchev–Trinajstić information content (AvgIpc) is 2.65. The molecule has 3 atom stereocenters. The van der Waals surface area contributed by atoms with E-state index < -0.39 is 17.4 Å². The van der Waals surface area contributed by atoms with Gasteiger partial charge in [-0.25, -0.2) is 0 Å². The summed E-state index contributed by atoms with van der Waals surface area (Å²) < 4.78 is 0. The first kappa shape index (κ1) is 17.1. The number of Topliss-reactive ketones (excluding diaryl/α,β-unsaturated/α-hetero) is 1. The van der Waals surface area contributed by atoms with E-state index in [0.29, 0.717) is 0 Å². The van der Waals surface area contributed by atoms with E-state index in [0.717, 1.165) is 38.6 Å². The Morgan fingerprint density at radius 2 is 2.00 bits per heavy atom. The molecule has 4 N–H and O–H groups in total. The highest BCUT2D eigenvalue weighted by molar-refractivity contribution is 5.93. The van der Waals surface area contributed by atoms with Crippen molar-refractivity contribution in [2.24, 2.45) is 11.1 Å². The molecule has 1 fully saturated rings. The van der Waals surface area contributed by atoms with Crippen LogP contribution in [0.3, 0.4) is 0 Å². The Bertz CT molecular complexity index is 372. The lowest BCUT2D eigenvalue weighted by atomic mass is 9.69. The highest BCUT2D eigenvalue weighted by Gasteiger charge is 2.53. The van der Waals surface area contributed by atoms with Crippen LogP contribution in [0.25, 0.3) is 0 Å². The number of rotatable bonds is 8. The van der Waals surface area contributed by atoms with Crippen LogP contribution in [-0.2, 0) is 9.59 Å². The summed E-state index contributed by atoms with van der Waals surface area (Å²) in [5.74, 6) is -1.14. The molecule has 116 valence electrons. The minimum Gasteiger partial charge on any atom is -0.481 e. The Morgan fingerprint density at radius 3 is 2.55 bits per heavy atom. The van der Waals surface area contributed by atoms with Gasteiger partial charge >= 0.3 is 5.97 Å². The topological polar surface area (TPSA) is 92.4 Å². The minimum absolute atomic E-state index is 0.121. The van der Waals surface area contributed by atoms with Crippen LogP contribution < -0.4 is 11.1 Å². The lowest BCUT2D eigenvalue weighted by molar-refractivity contribution is -0.141. The Morgan fingerprint density at radius 1 is 1.35 bits per heavy atom. The molecule has 5 heteroatoms. The third kappa shape index (κ3) is 3.38. The molecule has 20 heavy (non-hydrogen) atoms. The van der Waals surface area contributed by atoms with E-state index in [2.05, 4.69) is 19.2 Å². The van der Waals surface area contributed by atoms with Crippen LogP contribution >= 0.6 is 0 Å². The first-order valence-corrected chi connectivity index (χ1v) is 7.53. The second kappa shape index (κ2) is 6.68. The second-order valence-corrected chi connectivity index (χ2v) is 6.37. The van der Waals surface area contributed by atoms with Crippen LogP contribution in [0, 0.1) is 5.41 Å². The van der Waals surface area contributed by atoms with E-state index in [1.165, 1.54) is 0 Å². The molecule has 0 aliphatic heterocycles. The molecule has 1 saturated carbocycles. The van der Waals surface area contributed by atoms with Crippen molar-refractivity contribution in [3.63, 3.8) is 0 Å². The highest BCUT2D eigenvalue weighted by atomic mass is 16.4. The minimum atomic E-state index is -1.02. The van der Waals surface area contributed by atoms with E-state index in [9.17, 15) is 9.59 Å². The van der Waals surface area contributed by atoms with Gasteiger partial charge in [0.25, 0.3) is 0 Å². The van der Waals surface area contributed by atoms with Gasteiger partial charge in [0.05, 0.1) is 12.5 Å². The first-order valence-electron chi connectivity index (χ1n) is 7.53. The molecule has 0 radical (unpaired) electrons. The van der Waals surface area contributed by atoms with E-state index in [1.54, 1.807) is 0 Å². The Labute approximate surface area is 121 Å². The Hall–Kier alpha value is -0.940. The zero-order valence-electron chi connectivity index (χ0n) is 12.9.